The second-order valence-electron chi connectivity index (χ2n) is 5.00. The van der Waals surface area contributed by atoms with E-state index in [4.69, 9.17) is 0 Å². The molecule has 0 aliphatic heterocycles. The molecule has 1 aliphatic carbocycles. The molecule has 3 heteroatoms. The molecular weight excluding hydrogens is 228 g/mol. The Balaban J connectivity index is 1.51. The van der Waals surface area contributed by atoms with Crippen molar-refractivity contribution in [2.45, 2.75) is 38.1 Å². The molecule has 1 saturated carbocycles. The summed E-state index contributed by atoms with van der Waals surface area (Å²) >= 11 is 1.86. The summed E-state index contributed by atoms with van der Waals surface area (Å²) in [6.45, 7) is 3.42. The number of hydrogen-bond donors (Lipinski definition) is 1. The second-order valence-corrected chi connectivity index (χ2v) is 6.03. The first kappa shape index (κ1) is 13.1. The molecule has 96 valence electrons. The Morgan fingerprint density at radius 3 is 2.88 bits per heavy atom. The molecule has 0 saturated heterocycles. The van der Waals surface area contributed by atoms with Crippen molar-refractivity contribution >= 4 is 11.3 Å². The van der Waals surface area contributed by atoms with Gasteiger partial charge in [0.1, 0.15) is 0 Å². The van der Waals surface area contributed by atoms with Crippen LogP contribution >= 0.6 is 11.3 Å². The van der Waals surface area contributed by atoms with Crippen molar-refractivity contribution in [3.05, 3.63) is 22.4 Å². The summed E-state index contributed by atoms with van der Waals surface area (Å²) in [5.41, 5.74) is 0. The van der Waals surface area contributed by atoms with Crippen LogP contribution in [0.1, 0.15) is 30.6 Å². The van der Waals surface area contributed by atoms with Gasteiger partial charge in [0, 0.05) is 30.6 Å². The Morgan fingerprint density at radius 2 is 2.18 bits per heavy atom. The molecule has 1 heterocycles. The second kappa shape index (κ2) is 7.14. The van der Waals surface area contributed by atoms with E-state index in [1.54, 1.807) is 0 Å². The lowest BCUT2D eigenvalue weighted by Crippen LogP contribution is -2.35. The quantitative estimate of drug-likeness (QED) is 0.751. The summed E-state index contributed by atoms with van der Waals surface area (Å²) in [7, 11) is 2.27. The molecule has 1 N–H and O–H groups in total. The highest BCUT2D eigenvalue weighted by molar-refractivity contribution is 7.09. The van der Waals surface area contributed by atoms with E-state index < -0.39 is 0 Å². The van der Waals surface area contributed by atoms with Gasteiger partial charge in [-0.2, -0.15) is 0 Å². The topological polar surface area (TPSA) is 15.3 Å². The van der Waals surface area contributed by atoms with Gasteiger partial charge in [-0.15, -0.1) is 11.3 Å². The maximum atomic E-state index is 3.54. The molecule has 1 fully saturated rings. The van der Waals surface area contributed by atoms with Gasteiger partial charge < -0.3 is 10.2 Å². The third kappa shape index (κ3) is 4.41. The SMILES string of the molecule is CN(CCNCCc1cccs1)C1CCCC1. The predicted octanol–water partition coefficient (Wildman–Crippen LogP) is 2.75. The first-order valence-corrected chi connectivity index (χ1v) is 7.67. The van der Waals surface area contributed by atoms with Gasteiger partial charge in [0.15, 0.2) is 0 Å². The zero-order valence-corrected chi connectivity index (χ0v) is 11.6. The van der Waals surface area contributed by atoms with E-state index in [2.05, 4.69) is 34.8 Å². The minimum atomic E-state index is 0.856. The smallest absolute Gasteiger partial charge is 0.0107 e. The summed E-state index contributed by atoms with van der Waals surface area (Å²) in [6.07, 6.45) is 6.85. The lowest BCUT2D eigenvalue weighted by molar-refractivity contribution is 0.246. The van der Waals surface area contributed by atoms with Gasteiger partial charge in [-0.3, -0.25) is 0 Å². The number of thiophene rings is 1. The van der Waals surface area contributed by atoms with E-state index in [-0.39, 0.29) is 0 Å². The van der Waals surface area contributed by atoms with Crippen LogP contribution < -0.4 is 5.32 Å². The van der Waals surface area contributed by atoms with E-state index in [9.17, 15) is 0 Å². The fourth-order valence-corrected chi connectivity index (χ4v) is 3.28. The van der Waals surface area contributed by atoms with Gasteiger partial charge in [-0.25, -0.2) is 0 Å². The molecule has 0 atom stereocenters. The number of likely N-dealkylation sites (N-methyl/N-ethyl adjacent to an activating group) is 1. The maximum absolute atomic E-state index is 3.54. The van der Waals surface area contributed by atoms with Crippen LogP contribution in [-0.2, 0) is 6.42 Å². The minimum absolute atomic E-state index is 0.856. The van der Waals surface area contributed by atoms with Crippen LogP contribution in [0.2, 0.25) is 0 Å². The van der Waals surface area contributed by atoms with Gasteiger partial charge in [0.25, 0.3) is 0 Å². The molecule has 1 aromatic heterocycles. The van der Waals surface area contributed by atoms with Crippen molar-refractivity contribution < 1.29 is 0 Å². The monoisotopic (exact) mass is 252 g/mol. The van der Waals surface area contributed by atoms with Crippen molar-refractivity contribution in [1.29, 1.82) is 0 Å². The fourth-order valence-electron chi connectivity index (χ4n) is 2.57. The molecule has 0 unspecified atom stereocenters. The zero-order valence-electron chi connectivity index (χ0n) is 10.8. The van der Waals surface area contributed by atoms with Crippen LogP contribution in [0.4, 0.5) is 0 Å². The van der Waals surface area contributed by atoms with Crippen molar-refractivity contribution in [1.82, 2.24) is 10.2 Å². The number of rotatable bonds is 7. The molecule has 0 amide bonds. The Bertz CT molecular complexity index is 291. The highest BCUT2D eigenvalue weighted by Crippen LogP contribution is 2.21. The molecule has 0 radical (unpaired) electrons. The average Bonchev–Trinajstić information content (AvgIpc) is 3.01. The van der Waals surface area contributed by atoms with Gasteiger partial charge in [0.05, 0.1) is 0 Å². The summed E-state index contributed by atoms with van der Waals surface area (Å²) < 4.78 is 0. The van der Waals surface area contributed by atoms with Crippen molar-refractivity contribution in [2.24, 2.45) is 0 Å². The lowest BCUT2D eigenvalue weighted by atomic mass is 10.2. The van der Waals surface area contributed by atoms with Crippen LogP contribution in [0.15, 0.2) is 17.5 Å². The minimum Gasteiger partial charge on any atom is -0.315 e. The summed E-state index contributed by atoms with van der Waals surface area (Å²) in [4.78, 5) is 4.02. The molecule has 1 aliphatic rings. The molecule has 2 nitrogen and oxygen atoms in total. The predicted molar refractivity (Wildman–Crippen MR) is 75.8 cm³/mol. The van der Waals surface area contributed by atoms with E-state index >= 15 is 0 Å². The number of hydrogen-bond acceptors (Lipinski definition) is 3. The average molecular weight is 252 g/mol. The van der Waals surface area contributed by atoms with Gasteiger partial charge in [-0.1, -0.05) is 18.9 Å². The van der Waals surface area contributed by atoms with Crippen molar-refractivity contribution in [3.8, 4) is 0 Å². The van der Waals surface area contributed by atoms with E-state index in [1.807, 2.05) is 11.3 Å². The van der Waals surface area contributed by atoms with Gasteiger partial charge >= 0.3 is 0 Å². The van der Waals surface area contributed by atoms with E-state index in [0.717, 1.165) is 19.1 Å². The molecule has 0 spiro atoms. The lowest BCUT2D eigenvalue weighted by Gasteiger charge is -2.23. The molecular formula is C14H24N2S. The van der Waals surface area contributed by atoms with Crippen LogP contribution in [0.3, 0.4) is 0 Å². The third-order valence-corrected chi connectivity index (χ3v) is 4.65. The summed E-state index contributed by atoms with van der Waals surface area (Å²) in [6, 6.07) is 5.21. The first-order valence-electron chi connectivity index (χ1n) is 6.79. The largest absolute Gasteiger partial charge is 0.315 e. The normalized spacial score (nSPS) is 17.1. The summed E-state index contributed by atoms with van der Waals surface area (Å²) in [5, 5.41) is 5.70. The number of nitrogens with one attached hydrogen (secondary N) is 1. The highest BCUT2D eigenvalue weighted by atomic mass is 32.1. The van der Waals surface area contributed by atoms with Gasteiger partial charge in [-0.05, 0) is 37.8 Å². The molecule has 2 rings (SSSR count). The molecule has 17 heavy (non-hydrogen) atoms. The highest BCUT2D eigenvalue weighted by Gasteiger charge is 2.18. The van der Waals surface area contributed by atoms with Crippen molar-refractivity contribution in [3.63, 3.8) is 0 Å². The zero-order chi connectivity index (χ0) is 11.9. The van der Waals surface area contributed by atoms with Crippen LogP contribution in [-0.4, -0.2) is 37.6 Å². The maximum Gasteiger partial charge on any atom is 0.0107 e. The first-order chi connectivity index (χ1) is 8.36. The van der Waals surface area contributed by atoms with Crippen LogP contribution in [0.5, 0.6) is 0 Å². The Labute approximate surface area is 109 Å². The van der Waals surface area contributed by atoms with Crippen LogP contribution in [0.25, 0.3) is 0 Å². The van der Waals surface area contributed by atoms with Crippen molar-refractivity contribution in [2.75, 3.05) is 26.7 Å². The Morgan fingerprint density at radius 1 is 1.35 bits per heavy atom. The van der Waals surface area contributed by atoms with E-state index in [1.165, 1.54) is 43.5 Å². The standard InChI is InChI=1S/C14H24N2S/c1-16(13-5-2-3-6-13)11-10-15-9-8-14-7-4-12-17-14/h4,7,12-13,15H,2-3,5-6,8-11H2,1H3. The Kier molecular flexibility index (Phi) is 5.49. The van der Waals surface area contributed by atoms with E-state index in [0.29, 0.717) is 0 Å². The van der Waals surface area contributed by atoms with Crippen LogP contribution in [0, 0.1) is 0 Å². The summed E-state index contributed by atoms with van der Waals surface area (Å²) in [5.74, 6) is 0. The molecule has 0 bridgehead atoms. The molecule has 1 aromatic rings. The number of nitrogens with zero attached hydrogens (tertiary/aromatic N) is 1. The fraction of sp³-hybridized carbons (Fsp3) is 0.714. The van der Waals surface area contributed by atoms with Gasteiger partial charge in [0.2, 0.25) is 0 Å². The molecule has 0 aromatic carbocycles. The Hall–Kier alpha value is -0.380. The third-order valence-electron chi connectivity index (χ3n) is 3.72.